The van der Waals surface area contributed by atoms with Crippen LogP contribution in [0.15, 0.2) is 42.5 Å². The Kier molecular flexibility index (Phi) is 9.24. The molecule has 2 aromatic carbocycles. The SMILES string of the molecule is CCCNc1cccc(C[C@H]2C[C@@H](c3ccc(OC)c(OC4CCCC4)c3)CN(OC(=O)C(F)(F)F)C2=O)c1. The molecule has 1 saturated carbocycles. The van der Waals surface area contributed by atoms with Gasteiger partial charge in [0.25, 0.3) is 5.91 Å². The molecule has 0 spiro atoms. The van der Waals surface area contributed by atoms with Crippen molar-refractivity contribution in [3.63, 3.8) is 0 Å². The maximum Gasteiger partial charge on any atom is 0.493 e. The van der Waals surface area contributed by atoms with Crippen molar-refractivity contribution in [3.05, 3.63) is 53.6 Å². The first kappa shape index (κ1) is 28.6. The van der Waals surface area contributed by atoms with E-state index in [1.807, 2.05) is 36.4 Å². The second kappa shape index (κ2) is 12.6. The van der Waals surface area contributed by atoms with Crippen LogP contribution in [-0.2, 0) is 20.8 Å². The summed E-state index contributed by atoms with van der Waals surface area (Å²) in [6.45, 7) is 2.65. The molecule has 39 heavy (non-hydrogen) atoms. The van der Waals surface area contributed by atoms with Gasteiger partial charge in [0.1, 0.15) is 0 Å². The number of carbonyl (C=O) groups excluding carboxylic acids is 2. The van der Waals surface area contributed by atoms with Crippen LogP contribution in [-0.4, -0.2) is 49.4 Å². The van der Waals surface area contributed by atoms with Crippen molar-refractivity contribution in [1.29, 1.82) is 0 Å². The number of hydrogen-bond donors (Lipinski definition) is 1. The quantitative estimate of drug-likeness (QED) is 0.391. The van der Waals surface area contributed by atoms with E-state index in [1.165, 1.54) is 0 Å². The van der Waals surface area contributed by atoms with Crippen LogP contribution in [0.25, 0.3) is 0 Å². The predicted molar refractivity (Wildman–Crippen MR) is 140 cm³/mol. The number of halogens is 3. The Morgan fingerprint density at radius 1 is 1.10 bits per heavy atom. The van der Waals surface area contributed by atoms with Gasteiger partial charge < -0.3 is 19.6 Å². The van der Waals surface area contributed by atoms with Gasteiger partial charge in [-0.25, -0.2) is 4.79 Å². The van der Waals surface area contributed by atoms with Gasteiger partial charge in [0, 0.05) is 24.1 Å². The average molecular weight is 549 g/mol. The van der Waals surface area contributed by atoms with E-state index in [0.29, 0.717) is 29.4 Å². The molecule has 1 amide bonds. The van der Waals surface area contributed by atoms with E-state index in [0.717, 1.165) is 55.5 Å². The Bertz CT molecular complexity index is 1150. The molecular weight excluding hydrogens is 513 g/mol. The lowest BCUT2D eigenvalue weighted by molar-refractivity contribution is -0.241. The van der Waals surface area contributed by atoms with Gasteiger partial charge in [-0.2, -0.15) is 18.2 Å². The van der Waals surface area contributed by atoms with Gasteiger partial charge in [0.2, 0.25) is 0 Å². The summed E-state index contributed by atoms with van der Waals surface area (Å²) in [5.41, 5.74) is 2.53. The summed E-state index contributed by atoms with van der Waals surface area (Å²) in [6, 6.07) is 13.0. The molecule has 0 radical (unpaired) electrons. The number of nitrogens with zero attached hydrogens (tertiary/aromatic N) is 1. The summed E-state index contributed by atoms with van der Waals surface area (Å²) in [5.74, 6) is -3.01. The van der Waals surface area contributed by atoms with Gasteiger partial charge in [0.15, 0.2) is 11.5 Å². The minimum absolute atomic E-state index is 0.0765. The van der Waals surface area contributed by atoms with E-state index < -0.39 is 24.0 Å². The second-order valence-corrected chi connectivity index (χ2v) is 10.2. The molecule has 0 aromatic heterocycles. The first-order valence-electron chi connectivity index (χ1n) is 13.5. The molecule has 1 N–H and O–H groups in total. The summed E-state index contributed by atoms with van der Waals surface area (Å²) in [4.78, 5) is 29.5. The Morgan fingerprint density at radius 2 is 1.87 bits per heavy atom. The molecule has 0 bridgehead atoms. The van der Waals surface area contributed by atoms with Gasteiger partial charge in [0.05, 0.1) is 19.8 Å². The zero-order chi connectivity index (χ0) is 28.0. The number of ether oxygens (including phenoxy) is 2. The van der Waals surface area contributed by atoms with Crippen LogP contribution >= 0.6 is 0 Å². The number of alkyl halides is 3. The predicted octanol–water partition coefficient (Wildman–Crippen LogP) is 6.03. The topological polar surface area (TPSA) is 77.1 Å². The molecule has 1 heterocycles. The number of amides is 1. The minimum atomic E-state index is -5.22. The van der Waals surface area contributed by atoms with Crippen LogP contribution in [0, 0.1) is 5.92 Å². The van der Waals surface area contributed by atoms with Crippen LogP contribution in [0.2, 0.25) is 0 Å². The highest BCUT2D eigenvalue weighted by Gasteiger charge is 2.46. The van der Waals surface area contributed by atoms with E-state index in [9.17, 15) is 22.8 Å². The Morgan fingerprint density at radius 3 is 2.56 bits per heavy atom. The van der Waals surface area contributed by atoms with Crippen molar-refractivity contribution in [2.45, 2.75) is 70.1 Å². The Labute approximate surface area is 226 Å². The van der Waals surface area contributed by atoms with Crippen molar-refractivity contribution < 1.29 is 37.1 Å². The number of hydroxylamine groups is 2. The molecule has 10 heteroatoms. The highest BCUT2D eigenvalue weighted by molar-refractivity contribution is 5.82. The first-order valence-corrected chi connectivity index (χ1v) is 13.5. The summed E-state index contributed by atoms with van der Waals surface area (Å²) < 4.78 is 50.7. The normalized spacial score (nSPS) is 20.1. The molecule has 2 aliphatic rings. The molecule has 7 nitrogen and oxygen atoms in total. The highest BCUT2D eigenvalue weighted by atomic mass is 19.4. The third-order valence-corrected chi connectivity index (χ3v) is 7.22. The van der Waals surface area contributed by atoms with Crippen LogP contribution in [0.1, 0.15) is 62.5 Å². The number of hydrogen-bond acceptors (Lipinski definition) is 6. The Hall–Kier alpha value is -3.43. The van der Waals surface area contributed by atoms with E-state index in [4.69, 9.17) is 9.47 Å². The van der Waals surface area contributed by atoms with Gasteiger partial charge in [-0.3, -0.25) is 4.79 Å². The molecule has 212 valence electrons. The Balaban J connectivity index is 1.60. The standard InChI is InChI=1S/C29H35F3N2O5/c1-3-13-33-23-8-6-7-19(15-23)14-21-16-22(18-34(27(21)35)39-28(36)29(30,31)32)20-11-12-25(37-2)26(17-20)38-24-9-4-5-10-24/h6-8,11-12,15,17,21-22,24,33H,3-5,9-10,13-14,16,18H2,1-2H3/t21-,22+/m0/s1. The molecule has 0 unspecified atom stereocenters. The van der Waals surface area contributed by atoms with E-state index in [1.54, 1.807) is 13.2 Å². The lowest BCUT2D eigenvalue weighted by Crippen LogP contribution is -2.48. The largest absolute Gasteiger partial charge is 0.493 e. The number of rotatable bonds is 10. The number of anilines is 1. The highest BCUT2D eigenvalue weighted by Crippen LogP contribution is 2.39. The fourth-order valence-corrected chi connectivity index (χ4v) is 5.25. The second-order valence-electron chi connectivity index (χ2n) is 10.2. The maximum absolute atomic E-state index is 13.2. The molecule has 4 rings (SSSR count). The molecule has 1 aliphatic heterocycles. The van der Waals surface area contributed by atoms with Crippen molar-refractivity contribution in [2.75, 3.05) is 25.5 Å². The first-order chi connectivity index (χ1) is 18.7. The molecule has 2 fully saturated rings. The van der Waals surface area contributed by atoms with Crippen LogP contribution in [0.5, 0.6) is 11.5 Å². The van der Waals surface area contributed by atoms with Crippen molar-refractivity contribution in [2.24, 2.45) is 5.92 Å². The molecule has 1 aliphatic carbocycles. The minimum Gasteiger partial charge on any atom is -0.493 e. The molecule has 1 saturated heterocycles. The summed E-state index contributed by atoms with van der Waals surface area (Å²) in [6.07, 6.45) is 0.542. The van der Waals surface area contributed by atoms with E-state index in [2.05, 4.69) is 17.1 Å². The van der Waals surface area contributed by atoms with Crippen LogP contribution in [0.3, 0.4) is 0 Å². The van der Waals surface area contributed by atoms with Gasteiger partial charge in [-0.1, -0.05) is 25.1 Å². The number of carbonyl (C=O) groups is 2. The summed E-state index contributed by atoms with van der Waals surface area (Å²) in [5, 5.41) is 3.88. The van der Waals surface area contributed by atoms with Gasteiger partial charge in [-0.05, 0) is 80.3 Å². The fraction of sp³-hybridized carbons (Fsp3) is 0.517. The maximum atomic E-state index is 13.2. The lowest BCUT2D eigenvalue weighted by atomic mass is 9.82. The number of nitrogens with one attached hydrogen (secondary N) is 1. The average Bonchev–Trinajstić information content (AvgIpc) is 3.42. The number of methoxy groups -OCH3 is 1. The van der Waals surface area contributed by atoms with E-state index >= 15 is 0 Å². The molecular formula is C29H35F3N2O5. The summed E-state index contributed by atoms with van der Waals surface area (Å²) in [7, 11) is 1.55. The lowest BCUT2D eigenvalue weighted by Gasteiger charge is -2.36. The number of benzene rings is 2. The molecule has 2 aromatic rings. The van der Waals surface area contributed by atoms with Crippen LogP contribution < -0.4 is 14.8 Å². The smallest absolute Gasteiger partial charge is 0.493 e. The van der Waals surface area contributed by atoms with Crippen LogP contribution in [0.4, 0.5) is 18.9 Å². The van der Waals surface area contributed by atoms with Crippen molar-refractivity contribution in [1.82, 2.24) is 5.06 Å². The zero-order valence-electron chi connectivity index (χ0n) is 22.3. The monoisotopic (exact) mass is 548 g/mol. The van der Waals surface area contributed by atoms with Gasteiger partial charge in [-0.15, -0.1) is 0 Å². The fourth-order valence-electron chi connectivity index (χ4n) is 5.25. The van der Waals surface area contributed by atoms with E-state index in [-0.39, 0.29) is 18.6 Å². The van der Waals surface area contributed by atoms with Crippen molar-refractivity contribution in [3.8, 4) is 11.5 Å². The summed E-state index contributed by atoms with van der Waals surface area (Å²) >= 11 is 0. The molecule has 2 atom stereocenters. The zero-order valence-corrected chi connectivity index (χ0v) is 22.3. The number of piperidine rings is 1. The third-order valence-electron chi connectivity index (χ3n) is 7.22. The van der Waals surface area contributed by atoms with Crippen molar-refractivity contribution >= 4 is 17.6 Å². The third kappa shape index (κ3) is 7.36. The van der Waals surface area contributed by atoms with Gasteiger partial charge >= 0.3 is 12.1 Å².